The average Bonchev–Trinajstić information content (AvgIpc) is 0.760. The molecular formula is C113H126N12O8. The van der Waals surface area contributed by atoms with Crippen LogP contribution in [0.4, 0.5) is 0 Å². The standard InChI is InChI=1S/C29H33N3O2.3C28H31N3O2/c1-21-7-5-8-24(17-21)22-10-12-23(13-11-22)28-26-19-31(29(33)25-9-6-14-30-18-25)15-3-4-16-32(26)27(28)20-34-2;3*1-20-6-4-7-23(16-20)21-9-11-22(12-10-21)27-25-18-30(28(33)24-8-5-13-29-17-24)14-2-3-15-31(25)26(27)19-32/h5-14,17-18,26-28H,3-4,15-16,19-20H2,1-2H3;3*4-13,16-17,25-27,32H,2-3,14-15,18-19H2,1H3/t26-,27-,28-;2*25-,26+,27-;25-,26-,27-/m1101/s1. The molecule has 12 atom stereocenters. The molecular weight excluding hydrogens is 1650 g/mol. The van der Waals surface area contributed by atoms with Crippen molar-refractivity contribution in [2.24, 2.45) is 0 Å². The van der Waals surface area contributed by atoms with Gasteiger partial charge in [-0.1, -0.05) is 216 Å². The van der Waals surface area contributed by atoms with E-state index in [-0.39, 0.29) is 97.5 Å². The molecule has 686 valence electrons. The molecule has 8 aliphatic rings. The molecule has 0 saturated carbocycles. The minimum atomic E-state index is 0.0472. The Labute approximate surface area is 784 Å². The summed E-state index contributed by atoms with van der Waals surface area (Å²) in [5, 5.41) is 30.6. The number of amides is 4. The van der Waals surface area contributed by atoms with Gasteiger partial charge in [0.1, 0.15) is 0 Å². The number of aliphatic hydroxyl groups is 3. The zero-order valence-corrected chi connectivity index (χ0v) is 77.4. The summed E-state index contributed by atoms with van der Waals surface area (Å²) < 4.78 is 5.64. The molecule has 0 radical (unpaired) electrons. The minimum Gasteiger partial charge on any atom is -0.395 e. The largest absolute Gasteiger partial charge is 0.395 e. The van der Waals surface area contributed by atoms with Crippen LogP contribution in [0.5, 0.6) is 0 Å². The molecule has 0 spiro atoms. The van der Waals surface area contributed by atoms with Crippen LogP contribution in [0.15, 0.2) is 292 Å². The summed E-state index contributed by atoms with van der Waals surface area (Å²) in [5.41, 5.74) is 22.4. The van der Waals surface area contributed by atoms with Gasteiger partial charge in [-0.2, -0.15) is 0 Å². The number of hydrogen-bond acceptors (Lipinski definition) is 16. The number of nitrogens with zero attached hydrogens (tertiary/aromatic N) is 12. The molecule has 8 saturated heterocycles. The lowest BCUT2D eigenvalue weighted by Crippen LogP contribution is -2.68. The molecule has 20 rings (SSSR count). The van der Waals surface area contributed by atoms with Crippen LogP contribution in [0.3, 0.4) is 0 Å². The Balaban J connectivity index is 0.000000124. The SMILES string of the molecule is COC[C@@H]1[C@H](c2ccc(-c3cccc(C)c3)cc2)[C@H]2CN(C(=O)c3cccnc3)CCCCN12.Cc1cccc(-c2ccc([C@@H]3[C@@H](CO)N4CCCCN(C(=O)c5cccnc5)C[C@@H]34)cc2)c1.Cc1cccc(-c2ccc([C@@H]3[C@H]4CN(C(=O)c5cccnc5)CCCCN4[C@H]3CO)cc2)c1.Cc1cccc(-c2ccc([C@H]3[C@@H](CO)N4CCCCN(C(=O)c5cccnc5)C[C@H]34)cc2)c1. The van der Waals surface area contributed by atoms with Gasteiger partial charge < -0.3 is 39.7 Å². The van der Waals surface area contributed by atoms with E-state index in [0.717, 1.165) is 110 Å². The molecule has 8 fully saturated rings. The first-order valence-corrected chi connectivity index (χ1v) is 47.9. The van der Waals surface area contributed by atoms with Crippen LogP contribution in [0.2, 0.25) is 0 Å². The molecule has 0 bridgehead atoms. The van der Waals surface area contributed by atoms with E-state index in [2.05, 4.69) is 261 Å². The zero-order chi connectivity index (χ0) is 91.9. The number of carbonyl (C=O) groups excluding carboxylic acids is 4. The highest BCUT2D eigenvalue weighted by Gasteiger charge is 2.54. The molecule has 20 heteroatoms. The van der Waals surface area contributed by atoms with E-state index in [9.17, 15) is 34.5 Å². The normalized spacial score (nSPS) is 23.1. The third-order valence-corrected chi connectivity index (χ3v) is 29.0. The number of ether oxygens (including phenoxy) is 1. The molecule has 133 heavy (non-hydrogen) atoms. The molecule has 8 aromatic carbocycles. The molecule has 12 heterocycles. The summed E-state index contributed by atoms with van der Waals surface area (Å²) in [4.78, 5) is 87.1. The van der Waals surface area contributed by atoms with Crippen molar-refractivity contribution < 1.29 is 39.2 Å². The molecule has 8 aliphatic heterocycles. The lowest BCUT2D eigenvalue weighted by Gasteiger charge is -2.57. The third-order valence-electron chi connectivity index (χ3n) is 29.0. The number of carbonyl (C=O) groups is 4. The lowest BCUT2D eigenvalue weighted by atomic mass is 9.74. The Hall–Kier alpha value is -12.1. The van der Waals surface area contributed by atoms with Crippen LogP contribution < -0.4 is 0 Å². The van der Waals surface area contributed by atoms with Crippen LogP contribution in [0, 0.1) is 27.7 Å². The highest BCUT2D eigenvalue weighted by atomic mass is 16.5. The highest BCUT2D eigenvalue weighted by Crippen LogP contribution is 2.48. The summed E-state index contributed by atoms with van der Waals surface area (Å²) in [5.74, 6) is 1.20. The van der Waals surface area contributed by atoms with Gasteiger partial charge in [0.15, 0.2) is 0 Å². The zero-order valence-electron chi connectivity index (χ0n) is 77.4. The highest BCUT2D eigenvalue weighted by molar-refractivity contribution is 5.96. The average molecular weight is 1780 g/mol. The first kappa shape index (κ1) is 92.8. The van der Waals surface area contributed by atoms with Gasteiger partial charge in [-0.05, 0) is 221 Å². The second-order valence-electron chi connectivity index (χ2n) is 37.4. The topological polar surface area (TPSA) is 216 Å². The number of aryl methyl sites for hydroxylation is 4. The van der Waals surface area contributed by atoms with Crippen LogP contribution in [0.1, 0.15) is 161 Å². The maximum atomic E-state index is 13.3. The quantitative estimate of drug-likeness (QED) is 0.0772. The van der Waals surface area contributed by atoms with Gasteiger partial charge in [0.25, 0.3) is 23.6 Å². The van der Waals surface area contributed by atoms with Crippen LogP contribution in [-0.4, -0.2) is 258 Å². The summed E-state index contributed by atoms with van der Waals surface area (Å²) >= 11 is 0. The van der Waals surface area contributed by atoms with Gasteiger partial charge in [-0.3, -0.25) is 58.7 Å². The van der Waals surface area contributed by atoms with Crippen LogP contribution >= 0.6 is 0 Å². The Kier molecular flexibility index (Phi) is 30.5. The Morgan fingerprint density at radius 2 is 0.511 bits per heavy atom. The molecule has 20 nitrogen and oxygen atoms in total. The molecule has 0 aliphatic carbocycles. The summed E-state index contributed by atoms with van der Waals surface area (Å²) in [7, 11) is 1.79. The number of pyridine rings is 4. The summed E-state index contributed by atoms with van der Waals surface area (Å²) in [6.07, 6.45) is 21.5. The van der Waals surface area contributed by atoms with E-state index in [1.807, 2.05) is 68.1 Å². The molecule has 3 N–H and O–H groups in total. The van der Waals surface area contributed by atoms with Crippen molar-refractivity contribution in [2.75, 3.05) is 112 Å². The molecule has 12 aromatic rings. The smallest absolute Gasteiger partial charge is 0.255 e. The van der Waals surface area contributed by atoms with Crippen LogP contribution in [-0.2, 0) is 4.74 Å². The fourth-order valence-corrected chi connectivity index (χ4v) is 22.2. The first-order chi connectivity index (χ1) is 65.1. The van der Waals surface area contributed by atoms with Crippen molar-refractivity contribution in [3.63, 3.8) is 0 Å². The minimum absolute atomic E-state index is 0.0472. The number of benzene rings is 8. The summed E-state index contributed by atoms with van der Waals surface area (Å²) in [6, 6.07) is 85.8. The van der Waals surface area contributed by atoms with Gasteiger partial charge in [0, 0.05) is 181 Å². The van der Waals surface area contributed by atoms with Crippen molar-refractivity contribution in [1.82, 2.24) is 59.1 Å². The van der Waals surface area contributed by atoms with E-state index >= 15 is 0 Å². The second-order valence-corrected chi connectivity index (χ2v) is 37.4. The van der Waals surface area contributed by atoms with E-state index in [0.29, 0.717) is 66.5 Å². The number of aliphatic hydroxyl groups excluding tert-OH is 3. The lowest BCUT2D eigenvalue weighted by molar-refractivity contribution is -0.0680. The number of hydrogen-bond donors (Lipinski definition) is 3. The molecule has 4 aromatic heterocycles. The van der Waals surface area contributed by atoms with Crippen LogP contribution in [0.25, 0.3) is 44.5 Å². The van der Waals surface area contributed by atoms with Crippen molar-refractivity contribution >= 4 is 23.6 Å². The number of methoxy groups -OCH3 is 1. The predicted molar refractivity (Wildman–Crippen MR) is 525 cm³/mol. The van der Waals surface area contributed by atoms with Crippen molar-refractivity contribution in [1.29, 1.82) is 0 Å². The number of fused-ring (bicyclic) bond motifs is 4. The number of aromatic nitrogens is 4. The molecule has 0 unspecified atom stereocenters. The Bertz CT molecular complexity index is 5420. The summed E-state index contributed by atoms with van der Waals surface area (Å²) in [6.45, 7) is 19.4. The first-order valence-electron chi connectivity index (χ1n) is 47.9. The fourth-order valence-electron chi connectivity index (χ4n) is 22.2. The fraction of sp³-hybridized carbons (Fsp3) is 0.363. The maximum Gasteiger partial charge on any atom is 0.255 e. The van der Waals surface area contributed by atoms with Gasteiger partial charge in [-0.15, -0.1) is 0 Å². The predicted octanol–water partition coefficient (Wildman–Crippen LogP) is 17.1. The van der Waals surface area contributed by atoms with E-state index in [4.69, 9.17) is 4.74 Å². The Morgan fingerprint density at radius 3 is 0.722 bits per heavy atom. The van der Waals surface area contributed by atoms with E-state index in [1.54, 1.807) is 56.7 Å². The van der Waals surface area contributed by atoms with Gasteiger partial charge >= 0.3 is 0 Å². The van der Waals surface area contributed by atoms with Gasteiger partial charge in [-0.25, -0.2) is 0 Å². The van der Waals surface area contributed by atoms with E-state index < -0.39 is 0 Å². The van der Waals surface area contributed by atoms with E-state index in [1.165, 1.54) is 89.0 Å². The van der Waals surface area contributed by atoms with Crippen molar-refractivity contribution in [3.05, 3.63) is 359 Å². The second kappa shape index (κ2) is 43.7. The molecule has 4 amide bonds. The van der Waals surface area contributed by atoms with Gasteiger partial charge in [0.2, 0.25) is 0 Å². The van der Waals surface area contributed by atoms with Crippen molar-refractivity contribution in [3.8, 4) is 44.5 Å². The third kappa shape index (κ3) is 21.1. The monoisotopic (exact) mass is 1780 g/mol. The maximum absolute atomic E-state index is 13.3. The van der Waals surface area contributed by atoms with Crippen molar-refractivity contribution in [2.45, 2.75) is 151 Å². The van der Waals surface area contributed by atoms with Gasteiger partial charge in [0.05, 0.1) is 48.7 Å². The Morgan fingerprint density at radius 1 is 0.286 bits per heavy atom. The number of rotatable bonds is 17.